The minimum absolute atomic E-state index is 0.187. The van der Waals surface area contributed by atoms with Crippen molar-refractivity contribution in [2.24, 2.45) is 0 Å². The van der Waals surface area contributed by atoms with Gasteiger partial charge in [-0.1, -0.05) is 66.7 Å². The van der Waals surface area contributed by atoms with E-state index < -0.39 is 0 Å². The molecule has 31 heavy (non-hydrogen) atoms. The molecule has 0 radical (unpaired) electrons. The molecule has 0 heterocycles. The highest BCUT2D eigenvalue weighted by Gasteiger charge is 2.11. The first-order valence-corrected chi connectivity index (χ1v) is 10.1. The van der Waals surface area contributed by atoms with E-state index in [-0.39, 0.29) is 11.8 Å². The molecule has 0 aliphatic carbocycles. The Morgan fingerprint density at radius 2 is 1.10 bits per heavy atom. The van der Waals surface area contributed by atoms with Crippen LogP contribution in [0.4, 0.5) is 11.4 Å². The van der Waals surface area contributed by atoms with Gasteiger partial charge in [-0.2, -0.15) is 0 Å². The molecule has 0 saturated carbocycles. The lowest BCUT2D eigenvalue weighted by Crippen LogP contribution is -2.14. The van der Waals surface area contributed by atoms with Crippen molar-refractivity contribution >= 4 is 23.2 Å². The SMILES string of the molecule is O=C(Nc1ccc(C(=O)Nc2ccccc2Cc2ccccc2)cc1)c1ccccc1. The summed E-state index contributed by atoms with van der Waals surface area (Å²) in [7, 11) is 0. The van der Waals surface area contributed by atoms with Gasteiger partial charge in [0.05, 0.1) is 0 Å². The van der Waals surface area contributed by atoms with Crippen LogP contribution in [0.25, 0.3) is 0 Å². The average Bonchev–Trinajstić information content (AvgIpc) is 2.82. The number of benzene rings is 4. The van der Waals surface area contributed by atoms with Gasteiger partial charge in [-0.15, -0.1) is 0 Å². The maximum atomic E-state index is 12.8. The Morgan fingerprint density at radius 3 is 1.81 bits per heavy atom. The number of nitrogens with one attached hydrogen (secondary N) is 2. The van der Waals surface area contributed by atoms with Crippen LogP contribution in [0.1, 0.15) is 31.8 Å². The summed E-state index contributed by atoms with van der Waals surface area (Å²) in [5.74, 6) is -0.380. The van der Waals surface area contributed by atoms with E-state index in [9.17, 15) is 9.59 Å². The van der Waals surface area contributed by atoms with Crippen LogP contribution in [-0.4, -0.2) is 11.8 Å². The molecule has 0 aromatic heterocycles. The predicted molar refractivity (Wildman–Crippen MR) is 124 cm³/mol. The van der Waals surface area contributed by atoms with Crippen LogP contribution in [0.5, 0.6) is 0 Å². The van der Waals surface area contributed by atoms with Crippen molar-refractivity contribution in [3.63, 3.8) is 0 Å². The van der Waals surface area contributed by atoms with E-state index in [1.54, 1.807) is 36.4 Å². The van der Waals surface area contributed by atoms with Gasteiger partial charge in [0.2, 0.25) is 0 Å². The quantitative estimate of drug-likeness (QED) is 0.426. The van der Waals surface area contributed by atoms with Gasteiger partial charge in [0, 0.05) is 22.5 Å². The molecule has 4 aromatic rings. The summed E-state index contributed by atoms with van der Waals surface area (Å²) >= 11 is 0. The molecule has 2 amide bonds. The van der Waals surface area contributed by atoms with Crippen molar-refractivity contribution in [3.05, 3.63) is 131 Å². The number of rotatable bonds is 6. The molecule has 152 valence electrons. The highest BCUT2D eigenvalue weighted by atomic mass is 16.2. The molecule has 4 nitrogen and oxygen atoms in total. The molecule has 4 heteroatoms. The Balaban J connectivity index is 1.43. The van der Waals surface area contributed by atoms with Crippen molar-refractivity contribution in [1.29, 1.82) is 0 Å². The summed E-state index contributed by atoms with van der Waals surface area (Å²) in [5, 5.41) is 5.85. The summed E-state index contributed by atoms with van der Waals surface area (Å²) in [6.45, 7) is 0. The lowest BCUT2D eigenvalue weighted by Gasteiger charge is -2.12. The van der Waals surface area contributed by atoms with Crippen LogP contribution in [-0.2, 0) is 6.42 Å². The number of anilines is 2. The molecular weight excluding hydrogens is 384 g/mol. The van der Waals surface area contributed by atoms with Gasteiger partial charge in [-0.3, -0.25) is 9.59 Å². The standard InChI is InChI=1S/C27H22N2O2/c30-26(21-11-5-2-6-12-21)28-24-17-15-22(16-18-24)27(31)29-25-14-8-7-13-23(25)19-20-9-3-1-4-10-20/h1-18H,19H2,(H,28,30)(H,29,31). The van der Waals surface area contributed by atoms with E-state index >= 15 is 0 Å². The number of hydrogen-bond acceptors (Lipinski definition) is 2. The van der Waals surface area contributed by atoms with E-state index in [1.807, 2.05) is 60.7 Å². The van der Waals surface area contributed by atoms with Crippen molar-refractivity contribution in [3.8, 4) is 0 Å². The highest BCUT2D eigenvalue weighted by molar-refractivity contribution is 6.06. The molecule has 4 rings (SSSR count). The zero-order chi connectivity index (χ0) is 21.5. The van der Waals surface area contributed by atoms with Crippen molar-refractivity contribution in [2.75, 3.05) is 10.6 Å². The topological polar surface area (TPSA) is 58.2 Å². The molecule has 0 aliphatic rings. The second-order valence-electron chi connectivity index (χ2n) is 7.17. The van der Waals surface area contributed by atoms with Crippen LogP contribution < -0.4 is 10.6 Å². The monoisotopic (exact) mass is 406 g/mol. The van der Waals surface area contributed by atoms with Gasteiger partial charge in [0.15, 0.2) is 0 Å². The summed E-state index contributed by atoms with van der Waals surface area (Å²) in [4.78, 5) is 25.0. The number of hydrogen-bond donors (Lipinski definition) is 2. The lowest BCUT2D eigenvalue weighted by molar-refractivity contribution is 0.102. The average molecular weight is 406 g/mol. The lowest BCUT2D eigenvalue weighted by atomic mass is 10.0. The molecule has 0 spiro atoms. The van der Waals surface area contributed by atoms with Crippen molar-refractivity contribution in [2.45, 2.75) is 6.42 Å². The molecule has 0 bridgehead atoms. The minimum atomic E-state index is -0.193. The molecule has 2 N–H and O–H groups in total. The zero-order valence-electron chi connectivity index (χ0n) is 16.9. The molecule has 0 atom stereocenters. The number of para-hydroxylation sites is 1. The van der Waals surface area contributed by atoms with Crippen LogP contribution in [0.3, 0.4) is 0 Å². The first-order valence-electron chi connectivity index (χ1n) is 10.1. The van der Waals surface area contributed by atoms with E-state index in [1.165, 1.54) is 5.56 Å². The normalized spacial score (nSPS) is 10.3. The highest BCUT2D eigenvalue weighted by Crippen LogP contribution is 2.20. The molecule has 0 aliphatic heterocycles. The van der Waals surface area contributed by atoms with E-state index in [4.69, 9.17) is 0 Å². The second kappa shape index (κ2) is 9.55. The molecule has 0 fully saturated rings. The second-order valence-corrected chi connectivity index (χ2v) is 7.17. The fraction of sp³-hybridized carbons (Fsp3) is 0.0370. The Labute approximate surface area is 181 Å². The third kappa shape index (κ3) is 5.25. The molecule has 0 saturated heterocycles. The minimum Gasteiger partial charge on any atom is -0.322 e. The molecule has 4 aromatic carbocycles. The summed E-state index contributed by atoms with van der Waals surface area (Å²) in [6, 6.07) is 33.8. The van der Waals surface area contributed by atoms with E-state index in [0.717, 1.165) is 17.7 Å². The van der Waals surface area contributed by atoms with Crippen LogP contribution in [0.15, 0.2) is 109 Å². The fourth-order valence-electron chi connectivity index (χ4n) is 3.30. The predicted octanol–water partition coefficient (Wildman–Crippen LogP) is 5.78. The number of carbonyl (C=O) groups excluding carboxylic acids is 2. The third-order valence-corrected chi connectivity index (χ3v) is 4.94. The Hall–Kier alpha value is -4.18. The number of amides is 2. The van der Waals surface area contributed by atoms with Gasteiger partial charge in [0.25, 0.3) is 11.8 Å². The Bertz CT molecular complexity index is 1170. The fourth-order valence-corrected chi connectivity index (χ4v) is 3.30. The van der Waals surface area contributed by atoms with Crippen molar-refractivity contribution in [1.82, 2.24) is 0 Å². The van der Waals surface area contributed by atoms with Crippen molar-refractivity contribution < 1.29 is 9.59 Å². The largest absolute Gasteiger partial charge is 0.322 e. The molecular formula is C27H22N2O2. The van der Waals surface area contributed by atoms with Crippen LogP contribution >= 0.6 is 0 Å². The van der Waals surface area contributed by atoms with Gasteiger partial charge in [0.1, 0.15) is 0 Å². The summed E-state index contributed by atoms with van der Waals surface area (Å²) < 4.78 is 0. The smallest absolute Gasteiger partial charge is 0.255 e. The van der Waals surface area contributed by atoms with Gasteiger partial charge in [-0.05, 0) is 60.0 Å². The van der Waals surface area contributed by atoms with Crippen LogP contribution in [0, 0.1) is 0 Å². The zero-order valence-corrected chi connectivity index (χ0v) is 16.9. The van der Waals surface area contributed by atoms with E-state index in [0.29, 0.717) is 16.8 Å². The van der Waals surface area contributed by atoms with Crippen LogP contribution in [0.2, 0.25) is 0 Å². The summed E-state index contributed by atoms with van der Waals surface area (Å²) in [5.41, 5.74) is 4.76. The number of carbonyl (C=O) groups is 2. The van der Waals surface area contributed by atoms with Gasteiger partial charge >= 0.3 is 0 Å². The maximum Gasteiger partial charge on any atom is 0.255 e. The Kier molecular flexibility index (Phi) is 6.19. The first kappa shape index (κ1) is 20.1. The van der Waals surface area contributed by atoms with E-state index in [2.05, 4.69) is 22.8 Å². The molecule has 0 unspecified atom stereocenters. The summed E-state index contributed by atoms with van der Waals surface area (Å²) in [6.07, 6.45) is 0.738. The Morgan fingerprint density at radius 1 is 0.548 bits per heavy atom. The third-order valence-electron chi connectivity index (χ3n) is 4.94. The maximum absolute atomic E-state index is 12.8. The van der Waals surface area contributed by atoms with Gasteiger partial charge in [-0.25, -0.2) is 0 Å². The van der Waals surface area contributed by atoms with Gasteiger partial charge < -0.3 is 10.6 Å². The first-order chi connectivity index (χ1) is 15.2.